The minimum absolute atomic E-state index is 0.327. The first kappa shape index (κ1) is 11.3. The van der Waals surface area contributed by atoms with Gasteiger partial charge in [-0.1, -0.05) is 29.8 Å². The van der Waals surface area contributed by atoms with E-state index in [0.29, 0.717) is 17.3 Å². The molecule has 0 aliphatic carbocycles. The SMILES string of the molecule is Cc1ccc([C@@H]2C(C#N)=C(N)Nc3ncnn32)cc1. The Morgan fingerprint density at radius 3 is 2.79 bits per heavy atom. The number of nitrogens with zero attached hydrogens (tertiary/aromatic N) is 4. The summed E-state index contributed by atoms with van der Waals surface area (Å²) in [6.45, 7) is 2.02. The number of hydrogen-bond donors (Lipinski definition) is 2. The molecule has 6 heteroatoms. The predicted octanol–water partition coefficient (Wildman–Crippen LogP) is 1.30. The minimum atomic E-state index is -0.329. The molecule has 3 N–H and O–H groups in total. The average Bonchev–Trinajstić information content (AvgIpc) is 2.86. The van der Waals surface area contributed by atoms with E-state index in [2.05, 4.69) is 21.5 Å². The summed E-state index contributed by atoms with van der Waals surface area (Å²) >= 11 is 0. The van der Waals surface area contributed by atoms with Gasteiger partial charge in [-0.3, -0.25) is 0 Å². The van der Waals surface area contributed by atoms with E-state index < -0.39 is 0 Å². The fourth-order valence-corrected chi connectivity index (χ4v) is 2.16. The van der Waals surface area contributed by atoms with Gasteiger partial charge in [-0.15, -0.1) is 0 Å². The van der Waals surface area contributed by atoms with Crippen LogP contribution in [0.2, 0.25) is 0 Å². The second-order valence-electron chi connectivity index (χ2n) is 4.41. The standard InChI is InChI=1S/C13H12N6/c1-8-2-4-9(5-3-8)11-10(6-14)12(15)18-13-16-7-17-19(11)13/h2-5,7,11H,15H2,1H3,(H,16,17,18)/t11-/m1/s1. The Bertz CT molecular complexity index is 689. The maximum Gasteiger partial charge on any atom is 0.227 e. The summed E-state index contributed by atoms with van der Waals surface area (Å²) < 4.78 is 1.67. The van der Waals surface area contributed by atoms with Crippen molar-refractivity contribution in [3.63, 3.8) is 0 Å². The van der Waals surface area contributed by atoms with Gasteiger partial charge in [0, 0.05) is 0 Å². The van der Waals surface area contributed by atoms with E-state index in [4.69, 9.17) is 5.73 Å². The van der Waals surface area contributed by atoms with Crippen LogP contribution < -0.4 is 11.1 Å². The molecule has 19 heavy (non-hydrogen) atoms. The van der Waals surface area contributed by atoms with Crippen LogP contribution in [0.3, 0.4) is 0 Å². The average molecular weight is 252 g/mol. The van der Waals surface area contributed by atoms with Crippen LogP contribution in [0.1, 0.15) is 17.2 Å². The van der Waals surface area contributed by atoms with E-state index in [-0.39, 0.29) is 6.04 Å². The van der Waals surface area contributed by atoms with E-state index in [9.17, 15) is 5.26 Å². The third kappa shape index (κ3) is 1.72. The zero-order chi connectivity index (χ0) is 13.4. The van der Waals surface area contributed by atoms with E-state index in [1.807, 2.05) is 31.2 Å². The van der Waals surface area contributed by atoms with Crippen LogP contribution in [0.25, 0.3) is 0 Å². The molecule has 0 saturated carbocycles. The summed E-state index contributed by atoms with van der Waals surface area (Å²) in [5.41, 5.74) is 8.45. The number of anilines is 1. The van der Waals surface area contributed by atoms with Gasteiger partial charge in [0.25, 0.3) is 0 Å². The largest absolute Gasteiger partial charge is 0.384 e. The Morgan fingerprint density at radius 2 is 2.11 bits per heavy atom. The number of aromatic nitrogens is 3. The summed E-state index contributed by atoms with van der Waals surface area (Å²) in [5.74, 6) is 0.871. The van der Waals surface area contributed by atoms with Crippen LogP contribution in [0, 0.1) is 18.3 Å². The molecule has 1 aliphatic rings. The van der Waals surface area contributed by atoms with E-state index in [1.165, 1.54) is 6.33 Å². The molecule has 0 bridgehead atoms. The van der Waals surface area contributed by atoms with Crippen LogP contribution in [-0.2, 0) is 0 Å². The molecule has 1 aromatic heterocycles. The lowest BCUT2D eigenvalue weighted by Crippen LogP contribution is -2.28. The molecule has 1 atom stereocenters. The lowest BCUT2D eigenvalue weighted by atomic mass is 9.97. The van der Waals surface area contributed by atoms with Gasteiger partial charge in [-0.05, 0) is 12.5 Å². The number of aryl methyl sites for hydroxylation is 1. The van der Waals surface area contributed by atoms with Crippen LogP contribution in [0.5, 0.6) is 0 Å². The van der Waals surface area contributed by atoms with Gasteiger partial charge in [0.1, 0.15) is 24.3 Å². The number of nitriles is 1. The van der Waals surface area contributed by atoms with Crippen molar-refractivity contribution in [2.75, 3.05) is 5.32 Å². The molecule has 2 aromatic rings. The zero-order valence-corrected chi connectivity index (χ0v) is 10.3. The highest BCUT2D eigenvalue weighted by Gasteiger charge is 2.29. The summed E-state index contributed by atoms with van der Waals surface area (Å²) in [4.78, 5) is 4.09. The van der Waals surface area contributed by atoms with Gasteiger partial charge in [0.2, 0.25) is 5.95 Å². The van der Waals surface area contributed by atoms with Crippen molar-refractivity contribution < 1.29 is 0 Å². The molecule has 0 fully saturated rings. The van der Waals surface area contributed by atoms with Gasteiger partial charge in [0.15, 0.2) is 0 Å². The van der Waals surface area contributed by atoms with Crippen molar-refractivity contribution in [2.45, 2.75) is 13.0 Å². The van der Waals surface area contributed by atoms with E-state index >= 15 is 0 Å². The second kappa shape index (κ2) is 4.14. The smallest absolute Gasteiger partial charge is 0.227 e. The van der Waals surface area contributed by atoms with Gasteiger partial charge in [0.05, 0.1) is 5.57 Å². The second-order valence-corrected chi connectivity index (χ2v) is 4.41. The fourth-order valence-electron chi connectivity index (χ4n) is 2.16. The Labute approximate surface area is 110 Å². The van der Waals surface area contributed by atoms with Crippen molar-refractivity contribution in [3.8, 4) is 6.07 Å². The van der Waals surface area contributed by atoms with Crippen LogP contribution in [0.15, 0.2) is 42.0 Å². The normalized spacial score (nSPS) is 17.6. The highest BCUT2D eigenvalue weighted by molar-refractivity contribution is 5.51. The predicted molar refractivity (Wildman–Crippen MR) is 69.8 cm³/mol. The molecule has 94 valence electrons. The zero-order valence-electron chi connectivity index (χ0n) is 10.3. The molecule has 0 amide bonds. The van der Waals surface area contributed by atoms with Gasteiger partial charge in [-0.2, -0.15) is 15.3 Å². The lowest BCUT2D eigenvalue weighted by Gasteiger charge is -2.25. The summed E-state index contributed by atoms with van der Waals surface area (Å²) in [6, 6.07) is 9.77. The Balaban J connectivity index is 2.18. The molecule has 3 rings (SSSR count). The van der Waals surface area contributed by atoms with Crippen molar-refractivity contribution >= 4 is 5.95 Å². The molecular weight excluding hydrogens is 240 g/mol. The Morgan fingerprint density at radius 1 is 1.37 bits per heavy atom. The number of nitrogens with one attached hydrogen (secondary N) is 1. The quantitative estimate of drug-likeness (QED) is 0.797. The first-order valence-electron chi connectivity index (χ1n) is 5.83. The minimum Gasteiger partial charge on any atom is -0.384 e. The molecule has 0 radical (unpaired) electrons. The monoisotopic (exact) mass is 252 g/mol. The highest BCUT2D eigenvalue weighted by Crippen LogP contribution is 2.32. The number of hydrogen-bond acceptors (Lipinski definition) is 5. The van der Waals surface area contributed by atoms with E-state index in [1.54, 1.807) is 4.68 Å². The van der Waals surface area contributed by atoms with Crippen LogP contribution in [-0.4, -0.2) is 14.8 Å². The number of allylic oxidation sites excluding steroid dienone is 1. The van der Waals surface area contributed by atoms with Crippen LogP contribution in [0.4, 0.5) is 5.95 Å². The first-order chi connectivity index (χ1) is 9.20. The van der Waals surface area contributed by atoms with Crippen molar-refractivity contribution in [1.82, 2.24) is 14.8 Å². The molecule has 1 aliphatic heterocycles. The topological polar surface area (TPSA) is 92.6 Å². The molecular formula is C13H12N6. The summed E-state index contributed by atoms with van der Waals surface area (Å²) in [7, 11) is 0. The van der Waals surface area contributed by atoms with E-state index in [0.717, 1.165) is 11.1 Å². The Hall–Kier alpha value is -2.81. The number of rotatable bonds is 1. The first-order valence-corrected chi connectivity index (χ1v) is 5.83. The molecule has 1 aromatic carbocycles. The van der Waals surface area contributed by atoms with Crippen molar-refractivity contribution in [3.05, 3.63) is 53.1 Å². The molecule has 0 saturated heterocycles. The fraction of sp³-hybridized carbons (Fsp3) is 0.154. The summed E-state index contributed by atoms with van der Waals surface area (Å²) in [5, 5.41) is 16.4. The number of nitrogens with two attached hydrogens (primary N) is 1. The molecule has 0 unspecified atom stereocenters. The third-order valence-electron chi connectivity index (χ3n) is 3.14. The lowest BCUT2D eigenvalue weighted by molar-refractivity contribution is 0.585. The van der Waals surface area contributed by atoms with Gasteiger partial charge >= 0.3 is 0 Å². The van der Waals surface area contributed by atoms with Crippen LogP contribution >= 0.6 is 0 Å². The maximum absolute atomic E-state index is 9.32. The maximum atomic E-state index is 9.32. The van der Waals surface area contributed by atoms with Gasteiger partial charge in [-0.25, -0.2) is 4.68 Å². The van der Waals surface area contributed by atoms with Gasteiger partial charge < -0.3 is 11.1 Å². The highest BCUT2D eigenvalue weighted by atomic mass is 15.4. The van der Waals surface area contributed by atoms with Crippen molar-refractivity contribution in [2.24, 2.45) is 5.73 Å². The molecule has 2 heterocycles. The summed E-state index contributed by atoms with van der Waals surface area (Å²) in [6.07, 6.45) is 1.44. The third-order valence-corrected chi connectivity index (χ3v) is 3.14. The van der Waals surface area contributed by atoms with Crippen molar-refractivity contribution in [1.29, 1.82) is 5.26 Å². The number of fused-ring (bicyclic) bond motifs is 1. The Kier molecular flexibility index (Phi) is 2.46. The number of benzene rings is 1. The molecule has 6 nitrogen and oxygen atoms in total. The molecule has 0 spiro atoms.